The molecule has 0 bridgehead atoms. The molecule has 0 atom stereocenters. The van der Waals surface area contributed by atoms with Gasteiger partial charge in [-0.1, -0.05) is 39.5 Å². The van der Waals surface area contributed by atoms with Crippen LogP contribution in [0.4, 0.5) is 0 Å². The minimum Gasteiger partial charge on any atom is -0.380 e. The molecule has 0 aromatic heterocycles. The molecule has 0 aliphatic heterocycles. The molecule has 0 saturated carbocycles. The number of nitrogens with one attached hydrogen (secondary N) is 1. The quantitative estimate of drug-likeness (QED) is 0.477. The van der Waals surface area contributed by atoms with E-state index < -0.39 is 0 Å². The van der Waals surface area contributed by atoms with Crippen molar-refractivity contribution in [3.63, 3.8) is 0 Å². The highest BCUT2D eigenvalue weighted by molar-refractivity contribution is 4.46. The summed E-state index contributed by atoms with van der Waals surface area (Å²) in [4.78, 5) is 0. The molecular formula is C14H31NO2. The second-order valence-corrected chi connectivity index (χ2v) is 4.39. The Labute approximate surface area is 107 Å². The van der Waals surface area contributed by atoms with Crippen LogP contribution in [0.1, 0.15) is 52.4 Å². The van der Waals surface area contributed by atoms with Crippen LogP contribution in [0.15, 0.2) is 0 Å². The molecule has 17 heavy (non-hydrogen) atoms. The van der Waals surface area contributed by atoms with Crippen LogP contribution in [-0.4, -0.2) is 39.5 Å². The molecule has 104 valence electrons. The van der Waals surface area contributed by atoms with Crippen molar-refractivity contribution in [1.82, 2.24) is 5.32 Å². The number of unbranched alkanes of at least 4 members (excludes halogenated alkanes) is 4. The molecule has 0 rings (SSSR count). The fourth-order valence-electron chi connectivity index (χ4n) is 1.50. The van der Waals surface area contributed by atoms with Gasteiger partial charge in [0.1, 0.15) is 0 Å². The van der Waals surface area contributed by atoms with E-state index in [9.17, 15) is 0 Å². The summed E-state index contributed by atoms with van der Waals surface area (Å²) in [5, 5.41) is 3.31. The van der Waals surface area contributed by atoms with Crippen molar-refractivity contribution in [3.05, 3.63) is 0 Å². The van der Waals surface area contributed by atoms with E-state index in [1.807, 2.05) is 0 Å². The third-order valence-corrected chi connectivity index (χ3v) is 2.63. The van der Waals surface area contributed by atoms with E-state index >= 15 is 0 Å². The molecule has 0 amide bonds. The molecule has 0 fully saturated rings. The largest absolute Gasteiger partial charge is 0.380 e. The first-order valence-corrected chi connectivity index (χ1v) is 7.28. The fraction of sp³-hybridized carbons (Fsp3) is 1.00. The van der Waals surface area contributed by atoms with Crippen LogP contribution < -0.4 is 5.32 Å². The van der Waals surface area contributed by atoms with E-state index in [4.69, 9.17) is 9.47 Å². The molecule has 0 heterocycles. The van der Waals surface area contributed by atoms with E-state index in [1.54, 1.807) is 0 Å². The summed E-state index contributed by atoms with van der Waals surface area (Å²) in [5.41, 5.74) is 0. The number of ether oxygens (including phenoxy) is 2. The molecular weight excluding hydrogens is 214 g/mol. The minimum absolute atomic E-state index is 0.816. The second-order valence-electron chi connectivity index (χ2n) is 4.39. The molecule has 0 aromatic rings. The normalized spacial score (nSPS) is 10.9. The molecule has 0 aliphatic rings. The lowest BCUT2D eigenvalue weighted by Gasteiger charge is -2.06. The Balaban J connectivity index is 2.85. The van der Waals surface area contributed by atoms with Gasteiger partial charge in [0.25, 0.3) is 0 Å². The predicted molar refractivity (Wildman–Crippen MR) is 73.6 cm³/mol. The summed E-state index contributed by atoms with van der Waals surface area (Å²) in [5.74, 6) is 0. The summed E-state index contributed by atoms with van der Waals surface area (Å²) in [6, 6.07) is 0. The molecule has 0 spiro atoms. The van der Waals surface area contributed by atoms with Crippen molar-refractivity contribution < 1.29 is 9.47 Å². The van der Waals surface area contributed by atoms with Gasteiger partial charge in [0.15, 0.2) is 0 Å². The molecule has 3 heteroatoms. The van der Waals surface area contributed by atoms with Crippen LogP contribution in [0.5, 0.6) is 0 Å². The predicted octanol–water partition coefficient (Wildman–Crippen LogP) is 2.99. The van der Waals surface area contributed by atoms with Gasteiger partial charge in [0.05, 0.1) is 13.2 Å². The Kier molecular flexibility index (Phi) is 15.8. The van der Waals surface area contributed by atoms with E-state index in [0.717, 1.165) is 39.5 Å². The van der Waals surface area contributed by atoms with E-state index in [2.05, 4.69) is 19.2 Å². The molecule has 0 saturated heterocycles. The topological polar surface area (TPSA) is 30.5 Å². The fourth-order valence-corrected chi connectivity index (χ4v) is 1.50. The summed E-state index contributed by atoms with van der Waals surface area (Å²) in [7, 11) is 0. The van der Waals surface area contributed by atoms with Crippen LogP contribution in [0.25, 0.3) is 0 Å². The van der Waals surface area contributed by atoms with Gasteiger partial charge in [-0.15, -0.1) is 0 Å². The van der Waals surface area contributed by atoms with Crippen molar-refractivity contribution >= 4 is 0 Å². The molecule has 0 aromatic carbocycles. The van der Waals surface area contributed by atoms with Crippen LogP contribution >= 0.6 is 0 Å². The van der Waals surface area contributed by atoms with E-state index in [-0.39, 0.29) is 0 Å². The highest BCUT2D eigenvalue weighted by Crippen LogP contribution is 1.98. The monoisotopic (exact) mass is 245 g/mol. The lowest BCUT2D eigenvalue weighted by molar-refractivity contribution is 0.118. The summed E-state index contributed by atoms with van der Waals surface area (Å²) < 4.78 is 11.0. The molecule has 3 nitrogen and oxygen atoms in total. The Hall–Kier alpha value is -0.120. The van der Waals surface area contributed by atoms with Crippen LogP contribution in [-0.2, 0) is 9.47 Å². The minimum atomic E-state index is 0.816. The molecule has 1 N–H and O–H groups in total. The highest BCUT2D eigenvalue weighted by Gasteiger charge is 1.91. The Morgan fingerprint density at radius 1 is 0.647 bits per heavy atom. The van der Waals surface area contributed by atoms with Gasteiger partial charge in [-0.3, -0.25) is 0 Å². The molecule has 0 unspecified atom stereocenters. The van der Waals surface area contributed by atoms with Gasteiger partial charge >= 0.3 is 0 Å². The molecule has 0 aliphatic carbocycles. The smallest absolute Gasteiger partial charge is 0.0590 e. The Morgan fingerprint density at radius 2 is 1.24 bits per heavy atom. The third kappa shape index (κ3) is 15.9. The standard InChI is InChI=1S/C14H31NO2/c1-3-5-7-8-12-17-14-10-15-9-13-16-11-6-4-2/h15H,3-14H2,1-2H3. The van der Waals surface area contributed by atoms with Gasteiger partial charge in [-0.2, -0.15) is 0 Å². The van der Waals surface area contributed by atoms with Crippen molar-refractivity contribution in [2.75, 3.05) is 39.5 Å². The number of rotatable bonds is 14. The van der Waals surface area contributed by atoms with E-state index in [0.29, 0.717) is 0 Å². The third-order valence-electron chi connectivity index (χ3n) is 2.63. The average molecular weight is 245 g/mol. The second kappa shape index (κ2) is 15.9. The van der Waals surface area contributed by atoms with Crippen LogP contribution in [0, 0.1) is 0 Å². The first-order valence-electron chi connectivity index (χ1n) is 7.28. The summed E-state index contributed by atoms with van der Waals surface area (Å²) in [6.45, 7) is 9.72. The zero-order chi connectivity index (χ0) is 12.6. The van der Waals surface area contributed by atoms with Gasteiger partial charge < -0.3 is 14.8 Å². The van der Waals surface area contributed by atoms with Crippen molar-refractivity contribution in [3.8, 4) is 0 Å². The Bertz CT molecular complexity index is 117. The van der Waals surface area contributed by atoms with Crippen molar-refractivity contribution in [2.45, 2.75) is 52.4 Å². The number of hydrogen-bond donors (Lipinski definition) is 1. The lowest BCUT2D eigenvalue weighted by atomic mass is 10.2. The van der Waals surface area contributed by atoms with Crippen molar-refractivity contribution in [1.29, 1.82) is 0 Å². The average Bonchev–Trinajstić information content (AvgIpc) is 2.35. The summed E-state index contributed by atoms with van der Waals surface area (Å²) >= 11 is 0. The van der Waals surface area contributed by atoms with Crippen LogP contribution in [0.3, 0.4) is 0 Å². The SMILES string of the molecule is CCCCCCOCCNCCOCCCC. The highest BCUT2D eigenvalue weighted by atomic mass is 16.5. The van der Waals surface area contributed by atoms with Gasteiger partial charge in [0, 0.05) is 26.3 Å². The first-order chi connectivity index (χ1) is 8.41. The first kappa shape index (κ1) is 16.9. The van der Waals surface area contributed by atoms with Gasteiger partial charge in [-0.25, -0.2) is 0 Å². The van der Waals surface area contributed by atoms with Gasteiger partial charge in [-0.05, 0) is 12.8 Å². The summed E-state index contributed by atoms with van der Waals surface area (Å²) in [6.07, 6.45) is 7.50. The lowest BCUT2D eigenvalue weighted by Crippen LogP contribution is -2.24. The maximum Gasteiger partial charge on any atom is 0.0590 e. The Morgan fingerprint density at radius 3 is 1.82 bits per heavy atom. The maximum absolute atomic E-state index is 5.52. The zero-order valence-electron chi connectivity index (χ0n) is 11.8. The number of hydrogen-bond acceptors (Lipinski definition) is 3. The van der Waals surface area contributed by atoms with Crippen LogP contribution in [0.2, 0.25) is 0 Å². The van der Waals surface area contributed by atoms with E-state index in [1.165, 1.54) is 38.5 Å². The van der Waals surface area contributed by atoms with Gasteiger partial charge in [0.2, 0.25) is 0 Å². The van der Waals surface area contributed by atoms with Crippen molar-refractivity contribution in [2.24, 2.45) is 0 Å². The zero-order valence-corrected chi connectivity index (χ0v) is 11.8. The maximum atomic E-state index is 5.52. The molecule has 0 radical (unpaired) electrons.